The molecule has 0 aliphatic heterocycles. The molecule has 0 saturated heterocycles. The van der Waals surface area contributed by atoms with Crippen LogP contribution < -0.4 is 22.3 Å². The Balaban J connectivity index is 0.00000461. The van der Waals surface area contributed by atoms with Gasteiger partial charge in [-0.3, -0.25) is 4.79 Å². The second-order valence-electron chi connectivity index (χ2n) is 16.7. The summed E-state index contributed by atoms with van der Waals surface area (Å²) in [5, 5.41) is 36.9. The topological polar surface area (TPSA) is 89.8 Å². The minimum atomic E-state index is -0.374. The molecule has 0 bridgehead atoms. The first-order valence-electron chi connectivity index (χ1n) is 18.0. The lowest BCUT2D eigenvalue weighted by Crippen LogP contribution is -3.00. The molecule has 256 valence electrons. The number of benzene rings is 1. The van der Waals surface area contributed by atoms with Gasteiger partial charge in [0.2, 0.25) is 5.91 Å². The number of hydrogen-bond acceptors (Lipinski definition) is 4. The number of amides is 1. The minimum Gasteiger partial charge on any atom is -1.00 e. The van der Waals surface area contributed by atoms with E-state index in [4.69, 9.17) is 0 Å². The molecule has 4 N–H and O–H groups in total. The van der Waals surface area contributed by atoms with E-state index in [-0.39, 0.29) is 57.9 Å². The highest BCUT2D eigenvalue weighted by Crippen LogP contribution is 2.68. The zero-order valence-corrected chi connectivity index (χ0v) is 30.4. The van der Waals surface area contributed by atoms with Crippen LogP contribution >= 0.6 is 0 Å². The van der Waals surface area contributed by atoms with E-state index in [9.17, 15) is 20.1 Å². The van der Waals surface area contributed by atoms with Gasteiger partial charge < -0.3 is 42.1 Å². The predicted molar refractivity (Wildman–Crippen MR) is 177 cm³/mol. The Kier molecular flexibility index (Phi) is 12.3. The highest BCUT2D eigenvalue weighted by molar-refractivity contribution is 5.75. The molecule has 4 fully saturated rings. The highest BCUT2D eigenvalue weighted by Gasteiger charge is 2.65. The van der Waals surface area contributed by atoms with Crippen LogP contribution in [0.25, 0.3) is 0 Å². The van der Waals surface area contributed by atoms with Crippen molar-refractivity contribution in [2.45, 2.75) is 116 Å². The molecule has 4 unspecified atom stereocenters. The number of fused-ring (bicyclic) bond motifs is 5. The number of carbonyl (C=O) groups excluding carboxylic acids is 1. The monoisotopic (exact) mass is 690 g/mol. The van der Waals surface area contributed by atoms with Crippen LogP contribution in [0.1, 0.15) is 97.0 Å². The fraction of sp³-hybridized carbons (Fsp3) is 0.816. The fourth-order valence-electron chi connectivity index (χ4n) is 11.0. The summed E-state index contributed by atoms with van der Waals surface area (Å²) in [5.41, 5.74) is 1.29. The summed E-state index contributed by atoms with van der Waals surface area (Å²) in [6.07, 6.45) is 10.0. The smallest absolute Gasteiger partial charge is 0.220 e. The molecular formula is C38H63BrN2O4. The normalized spacial score (nSPS) is 38.3. The van der Waals surface area contributed by atoms with Crippen molar-refractivity contribution in [3.63, 3.8) is 0 Å². The number of halogens is 1. The summed E-state index contributed by atoms with van der Waals surface area (Å²) in [4.78, 5) is 12.8. The van der Waals surface area contributed by atoms with Crippen LogP contribution in [-0.2, 0) is 11.2 Å². The maximum absolute atomic E-state index is 12.8. The van der Waals surface area contributed by atoms with Gasteiger partial charge in [0.25, 0.3) is 0 Å². The number of aliphatic hydroxyl groups is 3. The first-order valence-corrected chi connectivity index (χ1v) is 18.0. The number of nitrogens with one attached hydrogen (secondary N) is 1. The Labute approximate surface area is 284 Å². The Morgan fingerprint density at radius 2 is 1.69 bits per heavy atom. The SMILES string of the molecule is C[C@H](CCC(=O)NCCC[N+](C)(C)CCCc1ccccc1)[C@H]1CCC2C3C(C[C@H](O)[C@@]21C)[C@@]1(C)CC[C@@H](O)CC1C[C@H]3O.[Br-]. The van der Waals surface area contributed by atoms with E-state index < -0.39 is 0 Å². The predicted octanol–water partition coefficient (Wildman–Crippen LogP) is 2.58. The molecule has 4 aliphatic rings. The van der Waals surface area contributed by atoms with E-state index in [1.54, 1.807) is 0 Å². The Hall–Kier alpha value is -0.990. The van der Waals surface area contributed by atoms with Crippen LogP contribution in [-0.4, -0.2) is 77.8 Å². The molecule has 1 aromatic rings. The molecule has 4 saturated carbocycles. The van der Waals surface area contributed by atoms with Crippen molar-refractivity contribution in [1.82, 2.24) is 5.32 Å². The standard InChI is InChI=1S/C38H62N2O4.BrH/c1-26(14-17-35(44)39-20-10-22-40(4,5)21-9-13-27-11-7-6-8-12-27)30-15-16-31-36-32(25-34(43)38(30,31)3)37(2)19-18-29(41)23-28(37)24-33(36)42;/h6-8,11-12,26,28-34,36,41-43H,9-10,13-25H2,1-5H3;1H/t26-,28?,29-,30-,31?,32?,33-,34+,36?,37+,38-;/m1./s1. The van der Waals surface area contributed by atoms with E-state index in [2.05, 4.69) is 70.5 Å². The largest absolute Gasteiger partial charge is 1.00 e. The van der Waals surface area contributed by atoms with Gasteiger partial charge >= 0.3 is 0 Å². The Morgan fingerprint density at radius 3 is 2.42 bits per heavy atom. The first kappa shape index (κ1) is 36.8. The zero-order chi connectivity index (χ0) is 31.7. The van der Waals surface area contributed by atoms with Gasteiger partial charge in [0, 0.05) is 25.8 Å². The average Bonchev–Trinajstić information content (AvgIpc) is 3.34. The summed E-state index contributed by atoms with van der Waals surface area (Å²) in [5.74, 6) is 2.11. The summed E-state index contributed by atoms with van der Waals surface area (Å²) in [7, 11) is 4.58. The lowest BCUT2D eigenvalue weighted by molar-refractivity contribution is -0.890. The molecule has 0 spiro atoms. The van der Waals surface area contributed by atoms with Crippen LogP contribution in [0.15, 0.2) is 30.3 Å². The number of quaternary nitrogens is 1. The van der Waals surface area contributed by atoms with Gasteiger partial charge in [-0.1, -0.05) is 51.1 Å². The van der Waals surface area contributed by atoms with Crippen molar-refractivity contribution < 1.29 is 41.6 Å². The molecule has 1 amide bonds. The van der Waals surface area contributed by atoms with E-state index in [1.165, 1.54) is 12.0 Å². The number of rotatable bonds is 12. The van der Waals surface area contributed by atoms with Crippen LogP contribution in [0.4, 0.5) is 0 Å². The van der Waals surface area contributed by atoms with Crippen molar-refractivity contribution in [2.75, 3.05) is 33.7 Å². The lowest BCUT2D eigenvalue weighted by Gasteiger charge is -2.63. The Morgan fingerprint density at radius 1 is 0.978 bits per heavy atom. The van der Waals surface area contributed by atoms with Crippen LogP contribution in [0.5, 0.6) is 0 Å². The molecule has 0 aromatic heterocycles. The molecule has 0 radical (unpaired) electrons. The average molecular weight is 692 g/mol. The number of carbonyl (C=O) groups is 1. The summed E-state index contributed by atoms with van der Waals surface area (Å²) in [6, 6.07) is 10.7. The third kappa shape index (κ3) is 7.85. The van der Waals surface area contributed by atoms with Crippen molar-refractivity contribution in [2.24, 2.45) is 46.3 Å². The molecule has 5 rings (SSSR count). The lowest BCUT2D eigenvalue weighted by atomic mass is 9.43. The fourth-order valence-corrected chi connectivity index (χ4v) is 11.0. The summed E-state index contributed by atoms with van der Waals surface area (Å²) >= 11 is 0. The highest BCUT2D eigenvalue weighted by atomic mass is 79.9. The maximum Gasteiger partial charge on any atom is 0.220 e. The molecule has 1 aromatic carbocycles. The van der Waals surface area contributed by atoms with Crippen LogP contribution in [0.3, 0.4) is 0 Å². The number of nitrogens with zero attached hydrogens (tertiary/aromatic N) is 1. The third-order valence-electron chi connectivity index (χ3n) is 13.7. The van der Waals surface area contributed by atoms with E-state index >= 15 is 0 Å². The second kappa shape index (κ2) is 15.1. The van der Waals surface area contributed by atoms with Gasteiger partial charge in [0.05, 0.1) is 45.5 Å². The molecule has 0 heterocycles. The van der Waals surface area contributed by atoms with Crippen LogP contribution in [0.2, 0.25) is 0 Å². The second-order valence-corrected chi connectivity index (χ2v) is 16.7. The molecule has 4 aliphatic carbocycles. The van der Waals surface area contributed by atoms with Crippen molar-refractivity contribution in [3.8, 4) is 0 Å². The van der Waals surface area contributed by atoms with Gasteiger partial charge in [0.1, 0.15) is 0 Å². The summed E-state index contributed by atoms with van der Waals surface area (Å²) in [6.45, 7) is 9.90. The van der Waals surface area contributed by atoms with Gasteiger partial charge in [-0.05, 0) is 110 Å². The summed E-state index contributed by atoms with van der Waals surface area (Å²) < 4.78 is 0.974. The van der Waals surface area contributed by atoms with Crippen molar-refractivity contribution in [3.05, 3.63) is 35.9 Å². The minimum absolute atomic E-state index is 0. The van der Waals surface area contributed by atoms with Gasteiger partial charge in [-0.25, -0.2) is 0 Å². The third-order valence-corrected chi connectivity index (χ3v) is 13.7. The molecular weight excluding hydrogens is 628 g/mol. The maximum atomic E-state index is 12.8. The van der Waals surface area contributed by atoms with E-state index in [0.29, 0.717) is 36.0 Å². The number of aliphatic hydroxyl groups excluding tert-OH is 3. The molecule has 11 atom stereocenters. The molecule has 45 heavy (non-hydrogen) atoms. The quantitative estimate of drug-likeness (QED) is 0.201. The van der Waals surface area contributed by atoms with Crippen molar-refractivity contribution in [1.29, 1.82) is 0 Å². The van der Waals surface area contributed by atoms with E-state index in [0.717, 1.165) is 88.3 Å². The van der Waals surface area contributed by atoms with E-state index in [1.807, 2.05) is 0 Å². The number of aryl methyl sites for hydroxylation is 1. The van der Waals surface area contributed by atoms with Gasteiger partial charge in [-0.15, -0.1) is 0 Å². The molecule has 6 nitrogen and oxygen atoms in total. The van der Waals surface area contributed by atoms with Gasteiger partial charge in [0.15, 0.2) is 0 Å². The van der Waals surface area contributed by atoms with Crippen LogP contribution in [0, 0.1) is 46.3 Å². The van der Waals surface area contributed by atoms with Gasteiger partial charge in [-0.2, -0.15) is 0 Å². The first-order chi connectivity index (χ1) is 20.8. The van der Waals surface area contributed by atoms with Crippen molar-refractivity contribution >= 4 is 5.91 Å². The number of hydrogen-bond donors (Lipinski definition) is 4. The molecule has 7 heteroatoms. The Bertz CT molecular complexity index is 1100. The zero-order valence-electron chi connectivity index (χ0n) is 28.8.